The third kappa shape index (κ3) is 3.41. The van der Waals surface area contributed by atoms with Crippen LogP contribution in [0.15, 0.2) is 47.0 Å². The van der Waals surface area contributed by atoms with Gasteiger partial charge in [0.25, 0.3) is 5.91 Å². The number of benzene rings is 2. The highest BCUT2D eigenvalue weighted by Gasteiger charge is 2.06. The van der Waals surface area contributed by atoms with Crippen molar-refractivity contribution in [3.63, 3.8) is 0 Å². The third-order valence-electron chi connectivity index (χ3n) is 3.10. The van der Waals surface area contributed by atoms with E-state index in [1.54, 1.807) is 6.92 Å². The number of nitrogens with zero attached hydrogens (tertiary/aromatic N) is 2. The molecule has 0 fully saturated rings. The van der Waals surface area contributed by atoms with Crippen molar-refractivity contribution in [1.82, 2.24) is 15.5 Å². The molecular formula is C16H15N3O3. The van der Waals surface area contributed by atoms with Gasteiger partial charge in [-0.25, -0.2) is 0 Å². The molecule has 1 aromatic heterocycles. The molecule has 0 radical (unpaired) electrons. The minimum atomic E-state index is -0.240. The van der Waals surface area contributed by atoms with E-state index >= 15 is 0 Å². The first-order chi connectivity index (χ1) is 10.7. The summed E-state index contributed by atoms with van der Waals surface area (Å²) in [4.78, 5) is 15.7. The van der Waals surface area contributed by atoms with E-state index in [0.717, 1.165) is 10.8 Å². The van der Waals surface area contributed by atoms with Crippen molar-refractivity contribution in [3.05, 3.63) is 54.2 Å². The number of hydrogen-bond donors (Lipinski definition) is 1. The number of carbonyl (C=O) groups is 1. The number of aromatic nitrogens is 2. The Bertz CT molecular complexity index is 798. The monoisotopic (exact) mass is 297 g/mol. The lowest BCUT2D eigenvalue weighted by atomic mass is 10.1. The Balaban J connectivity index is 1.53. The van der Waals surface area contributed by atoms with Crippen molar-refractivity contribution in [2.75, 3.05) is 6.61 Å². The molecule has 6 heteroatoms. The molecule has 0 atom stereocenters. The molecule has 0 bridgehead atoms. The molecule has 0 aliphatic rings. The summed E-state index contributed by atoms with van der Waals surface area (Å²) in [6.07, 6.45) is 0. The second kappa shape index (κ2) is 6.26. The summed E-state index contributed by atoms with van der Waals surface area (Å²) in [5.74, 6) is 1.33. The van der Waals surface area contributed by atoms with Crippen LogP contribution in [0.5, 0.6) is 5.75 Å². The number of carbonyl (C=O) groups excluding carboxylic acids is 1. The van der Waals surface area contributed by atoms with Gasteiger partial charge in [-0.1, -0.05) is 35.5 Å². The Hall–Kier alpha value is -2.89. The number of ether oxygens (including phenoxy) is 1. The van der Waals surface area contributed by atoms with Crippen LogP contribution >= 0.6 is 0 Å². The van der Waals surface area contributed by atoms with Crippen LogP contribution < -0.4 is 10.1 Å². The summed E-state index contributed by atoms with van der Waals surface area (Å²) in [7, 11) is 0. The van der Waals surface area contributed by atoms with Crippen LogP contribution in [0.25, 0.3) is 10.8 Å². The van der Waals surface area contributed by atoms with Gasteiger partial charge in [0, 0.05) is 6.92 Å². The standard InChI is InChI=1S/C16H15N3O3/c1-11-18-15(19-22-11)9-17-16(20)10-21-14-7-6-12-4-2-3-5-13(12)8-14/h2-8H,9-10H2,1H3,(H,17,20). The molecule has 3 rings (SSSR count). The SMILES string of the molecule is Cc1nc(CNC(=O)COc2ccc3ccccc3c2)no1. The lowest BCUT2D eigenvalue weighted by molar-refractivity contribution is -0.123. The normalized spacial score (nSPS) is 10.6. The molecule has 0 aliphatic heterocycles. The molecule has 0 aliphatic carbocycles. The van der Waals surface area contributed by atoms with Gasteiger partial charge in [-0.3, -0.25) is 4.79 Å². The van der Waals surface area contributed by atoms with Crippen LogP contribution in [0, 0.1) is 6.92 Å². The van der Waals surface area contributed by atoms with Crippen molar-refractivity contribution in [2.45, 2.75) is 13.5 Å². The molecule has 3 aromatic rings. The van der Waals surface area contributed by atoms with E-state index in [-0.39, 0.29) is 19.1 Å². The van der Waals surface area contributed by atoms with Crippen LogP contribution in [-0.4, -0.2) is 22.7 Å². The number of hydrogen-bond acceptors (Lipinski definition) is 5. The maximum absolute atomic E-state index is 11.7. The molecule has 0 saturated heterocycles. The Morgan fingerprint density at radius 3 is 2.82 bits per heavy atom. The average Bonchev–Trinajstić information content (AvgIpc) is 2.96. The lowest BCUT2D eigenvalue weighted by Crippen LogP contribution is -2.28. The highest BCUT2D eigenvalue weighted by Crippen LogP contribution is 2.20. The molecule has 0 saturated carbocycles. The van der Waals surface area contributed by atoms with E-state index in [2.05, 4.69) is 15.5 Å². The number of nitrogens with one attached hydrogen (secondary N) is 1. The highest BCUT2D eigenvalue weighted by atomic mass is 16.5. The first-order valence-corrected chi connectivity index (χ1v) is 6.88. The summed E-state index contributed by atoms with van der Waals surface area (Å²) < 4.78 is 10.3. The zero-order valence-electron chi connectivity index (χ0n) is 12.1. The van der Waals surface area contributed by atoms with Gasteiger partial charge in [-0.2, -0.15) is 4.98 Å². The lowest BCUT2D eigenvalue weighted by Gasteiger charge is -2.07. The summed E-state index contributed by atoms with van der Waals surface area (Å²) >= 11 is 0. The van der Waals surface area contributed by atoms with E-state index in [9.17, 15) is 4.79 Å². The number of amides is 1. The molecular weight excluding hydrogens is 282 g/mol. The maximum atomic E-state index is 11.7. The summed E-state index contributed by atoms with van der Waals surface area (Å²) in [5, 5.41) is 8.57. The van der Waals surface area contributed by atoms with Gasteiger partial charge in [0.2, 0.25) is 5.89 Å². The predicted molar refractivity (Wildman–Crippen MR) is 80.3 cm³/mol. The Morgan fingerprint density at radius 2 is 2.05 bits per heavy atom. The maximum Gasteiger partial charge on any atom is 0.258 e. The average molecular weight is 297 g/mol. The molecule has 2 aromatic carbocycles. The Kier molecular flexibility index (Phi) is 4.00. The van der Waals surface area contributed by atoms with Crippen molar-refractivity contribution < 1.29 is 14.1 Å². The molecule has 0 unspecified atom stereocenters. The second-order valence-electron chi connectivity index (χ2n) is 4.80. The molecule has 1 amide bonds. The van der Waals surface area contributed by atoms with E-state index in [0.29, 0.717) is 17.5 Å². The first-order valence-electron chi connectivity index (χ1n) is 6.88. The van der Waals surface area contributed by atoms with Gasteiger partial charge in [-0.05, 0) is 22.9 Å². The fourth-order valence-corrected chi connectivity index (χ4v) is 2.05. The molecule has 112 valence electrons. The van der Waals surface area contributed by atoms with Gasteiger partial charge in [0.1, 0.15) is 5.75 Å². The second-order valence-corrected chi connectivity index (χ2v) is 4.80. The van der Waals surface area contributed by atoms with Crippen molar-refractivity contribution in [2.24, 2.45) is 0 Å². The van der Waals surface area contributed by atoms with E-state index in [1.165, 1.54) is 0 Å². The van der Waals surface area contributed by atoms with Crippen LogP contribution in [-0.2, 0) is 11.3 Å². The molecule has 1 N–H and O–H groups in total. The summed E-state index contributed by atoms with van der Waals surface area (Å²) in [5.41, 5.74) is 0. The zero-order chi connectivity index (χ0) is 15.4. The molecule has 0 spiro atoms. The Morgan fingerprint density at radius 1 is 1.23 bits per heavy atom. The number of rotatable bonds is 5. The minimum Gasteiger partial charge on any atom is -0.484 e. The summed E-state index contributed by atoms with van der Waals surface area (Å²) in [6.45, 7) is 1.85. The van der Waals surface area contributed by atoms with Crippen LogP contribution in [0.1, 0.15) is 11.7 Å². The smallest absolute Gasteiger partial charge is 0.258 e. The van der Waals surface area contributed by atoms with E-state index in [1.807, 2.05) is 42.5 Å². The zero-order valence-corrected chi connectivity index (χ0v) is 12.1. The van der Waals surface area contributed by atoms with Crippen LogP contribution in [0.3, 0.4) is 0 Å². The van der Waals surface area contributed by atoms with Crippen LogP contribution in [0.2, 0.25) is 0 Å². The van der Waals surface area contributed by atoms with E-state index < -0.39 is 0 Å². The molecule has 1 heterocycles. The van der Waals surface area contributed by atoms with Gasteiger partial charge < -0.3 is 14.6 Å². The van der Waals surface area contributed by atoms with Crippen molar-refractivity contribution >= 4 is 16.7 Å². The highest BCUT2D eigenvalue weighted by molar-refractivity contribution is 5.84. The topological polar surface area (TPSA) is 77.2 Å². The van der Waals surface area contributed by atoms with E-state index in [4.69, 9.17) is 9.26 Å². The fourth-order valence-electron chi connectivity index (χ4n) is 2.05. The van der Waals surface area contributed by atoms with Crippen molar-refractivity contribution in [3.8, 4) is 5.75 Å². The first kappa shape index (κ1) is 14.1. The quantitative estimate of drug-likeness (QED) is 0.781. The van der Waals surface area contributed by atoms with Gasteiger partial charge in [-0.15, -0.1) is 0 Å². The number of aryl methyl sites for hydroxylation is 1. The predicted octanol–water partition coefficient (Wildman–Crippen LogP) is 2.23. The van der Waals surface area contributed by atoms with Gasteiger partial charge in [0.15, 0.2) is 12.4 Å². The Labute approximate surface area is 127 Å². The summed E-state index contributed by atoms with van der Waals surface area (Å²) in [6, 6.07) is 13.7. The third-order valence-corrected chi connectivity index (χ3v) is 3.10. The van der Waals surface area contributed by atoms with Crippen LogP contribution in [0.4, 0.5) is 0 Å². The molecule has 6 nitrogen and oxygen atoms in total. The number of fused-ring (bicyclic) bond motifs is 1. The van der Waals surface area contributed by atoms with Gasteiger partial charge >= 0.3 is 0 Å². The minimum absolute atomic E-state index is 0.0603. The van der Waals surface area contributed by atoms with Crippen molar-refractivity contribution in [1.29, 1.82) is 0 Å². The largest absolute Gasteiger partial charge is 0.484 e. The van der Waals surface area contributed by atoms with Gasteiger partial charge in [0.05, 0.1) is 6.54 Å². The fraction of sp³-hybridized carbons (Fsp3) is 0.188. The molecule has 22 heavy (non-hydrogen) atoms.